The van der Waals surface area contributed by atoms with Crippen molar-refractivity contribution in [2.75, 3.05) is 0 Å². The van der Waals surface area contributed by atoms with Gasteiger partial charge in [0, 0.05) is 16.8 Å². The number of allylic oxidation sites excluding steroid dienone is 1. The van der Waals surface area contributed by atoms with Gasteiger partial charge in [-0.05, 0) is 36.8 Å². The molecular formula is C20H20BrN3OS. The fraction of sp³-hybridized carbons (Fsp3) is 0.200. The number of para-hydroxylation sites is 1. The van der Waals surface area contributed by atoms with Crippen LogP contribution < -0.4 is 4.74 Å². The van der Waals surface area contributed by atoms with Crippen LogP contribution in [0.15, 0.2) is 76.9 Å². The van der Waals surface area contributed by atoms with Crippen LogP contribution in [0.4, 0.5) is 0 Å². The molecule has 0 aliphatic rings. The molecule has 134 valence electrons. The van der Waals surface area contributed by atoms with Crippen molar-refractivity contribution in [2.45, 2.75) is 30.5 Å². The van der Waals surface area contributed by atoms with E-state index in [1.165, 1.54) is 5.56 Å². The van der Waals surface area contributed by atoms with E-state index in [0.29, 0.717) is 6.54 Å². The molecule has 0 aliphatic heterocycles. The van der Waals surface area contributed by atoms with Crippen molar-refractivity contribution >= 4 is 27.7 Å². The second-order valence-corrected chi connectivity index (χ2v) is 7.59. The molecule has 0 saturated carbocycles. The van der Waals surface area contributed by atoms with Crippen molar-refractivity contribution in [3.63, 3.8) is 0 Å². The van der Waals surface area contributed by atoms with Gasteiger partial charge in [-0.25, -0.2) is 0 Å². The minimum absolute atomic E-state index is 0.202. The first kappa shape index (κ1) is 18.7. The Morgan fingerprint density at radius 1 is 1.15 bits per heavy atom. The van der Waals surface area contributed by atoms with Gasteiger partial charge in [-0.3, -0.25) is 4.57 Å². The van der Waals surface area contributed by atoms with E-state index in [4.69, 9.17) is 4.74 Å². The minimum Gasteiger partial charge on any atom is -0.483 e. The van der Waals surface area contributed by atoms with Crippen LogP contribution in [0.5, 0.6) is 5.75 Å². The van der Waals surface area contributed by atoms with Gasteiger partial charge in [0.1, 0.15) is 5.75 Å². The Bertz CT molecular complexity index is 849. The van der Waals surface area contributed by atoms with E-state index in [-0.39, 0.29) is 6.10 Å². The average Bonchev–Trinajstić information content (AvgIpc) is 3.05. The largest absolute Gasteiger partial charge is 0.483 e. The first-order chi connectivity index (χ1) is 12.7. The Morgan fingerprint density at radius 3 is 2.58 bits per heavy atom. The van der Waals surface area contributed by atoms with Gasteiger partial charge in [-0.2, -0.15) is 0 Å². The van der Waals surface area contributed by atoms with Gasteiger partial charge in [0.05, 0.1) is 0 Å². The zero-order valence-electron chi connectivity index (χ0n) is 14.5. The Labute approximate surface area is 166 Å². The highest BCUT2D eigenvalue weighted by Gasteiger charge is 2.19. The first-order valence-corrected chi connectivity index (χ1v) is 10.1. The lowest BCUT2D eigenvalue weighted by Crippen LogP contribution is -2.12. The number of nitrogens with zero attached hydrogens (tertiary/aromatic N) is 3. The molecule has 26 heavy (non-hydrogen) atoms. The lowest BCUT2D eigenvalue weighted by atomic mass is 10.2. The van der Waals surface area contributed by atoms with Gasteiger partial charge < -0.3 is 4.74 Å². The lowest BCUT2D eigenvalue weighted by molar-refractivity contribution is 0.210. The standard InChI is InChI=1S/C20H20BrN3OS/c1-3-13-24-19(15(2)25-18-7-5-4-6-8-18)22-23-20(24)26-14-16-9-11-17(21)12-10-16/h3-12,15H,1,13-14H2,2H3/t15-/m0/s1. The van der Waals surface area contributed by atoms with Crippen LogP contribution in [-0.4, -0.2) is 14.8 Å². The van der Waals surface area contributed by atoms with Gasteiger partial charge in [-0.15, -0.1) is 16.8 Å². The van der Waals surface area contributed by atoms with E-state index < -0.39 is 0 Å². The molecule has 0 aliphatic carbocycles. The van der Waals surface area contributed by atoms with Gasteiger partial charge in [-0.1, -0.05) is 64.1 Å². The highest BCUT2D eigenvalue weighted by Crippen LogP contribution is 2.27. The van der Waals surface area contributed by atoms with Crippen molar-refractivity contribution in [3.8, 4) is 5.75 Å². The van der Waals surface area contributed by atoms with Crippen molar-refractivity contribution in [2.24, 2.45) is 0 Å². The summed E-state index contributed by atoms with van der Waals surface area (Å²) in [5.41, 5.74) is 1.24. The minimum atomic E-state index is -0.202. The summed E-state index contributed by atoms with van der Waals surface area (Å²) in [6.45, 7) is 6.49. The molecule has 4 nitrogen and oxygen atoms in total. The van der Waals surface area contributed by atoms with Gasteiger partial charge in [0.25, 0.3) is 0 Å². The topological polar surface area (TPSA) is 39.9 Å². The van der Waals surface area contributed by atoms with Crippen molar-refractivity contribution in [1.29, 1.82) is 0 Å². The van der Waals surface area contributed by atoms with Crippen molar-refractivity contribution in [3.05, 3.63) is 83.1 Å². The molecule has 0 amide bonds. The van der Waals surface area contributed by atoms with Crippen LogP contribution in [0.3, 0.4) is 0 Å². The number of hydrogen-bond acceptors (Lipinski definition) is 4. The summed E-state index contributed by atoms with van der Waals surface area (Å²) < 4.78 is 9.14. The second-order valence-electron chi connectivity index (χ2n) is 5.73. The third-order valence-corrected chi connectivity index (χ3v) is 5.32. The molecule has 0 radical (unpaired) electrons. The molecule has 0 saturated heterocycles. The Hall–Kier alpha value is -2.05. The molecule has 6 heteroatoms. The summed E-state index contributed by atoms with van der Waals surface area (Å²) in [5.74, 6) is 2.44. The SMILES string of the molecule is C=CCn1c(SCc2ccc(Br)cc2)nnc1[C@H](C)Oc1ccccc1. The molecule has 3 rings (SSSR count). The molecule has 1 atom stereocenters. The van der Waals surface area contributed by atoms with Crippen LogP contribution in [0.1, 0.15) is 24.4 Å². The number of rotatable bonds is 8. The van der Waals surface area contributed by atoms with E-state index >= 15 is 0 Å². The Kier molecular flexibility index (Phi) is 6.52. The predicted octanol–water partition coefficient (Wildman–Crippen LogP) is 5.66. The first-order valence-electron chi connectivity index (χ1n) is 8.30. The summed E-state index contributed by atoms with van der Waals surface area (Å²) in [6, 6.07) is 18.1. The molecule has 0 fully saturated rings. The summed E-state index contributed by atoms with van der Waals surface area (Å²) in [5, 5.41) is 9.61. The number of halogens is 1. The zero-order valence-corrected chi connectivity index (χ0v) is 16.9. The average molecular weight is 430 g/mol. The van der Waals surface area contributed by atoms with Crippen LogP contribution in [-0.2, 0) is 12.3 Å². The molecule has 2 aromatic carbocycles. The number of aromatic nitrogens is 3. The van der Waals surface area contributed by atoms with Gasteiger partial charge in [0.15, 0.2) is 17.1 Å². The molecule has 0 bridgehead atoms. The summed E-state index contributed by atoms with van der Waals surface area (Å²) >= 11 is 5.12. The maximum atomic E-state index is 6.00. The summed E-state index contributed by atoms with van der Waals surface area (Å²) in [6.07, 6.45) is 1.65. The molecule has 1 aromatic heterocycles. The van der Waals surface area contributed by atoms with Crippen LogP contribution >= 0.6 is 27.7 Å². The Balaban J connectivity index is 1.74. The molecular weight excluding hydrogens is 410 g/mol. The van der Waals surface area contributed by atoms with Crippen molar-refractivity contribution < 1.29 is 4.74 Å². The van der Waals surface area contributed by atoms with Crippen LogP contribution in [0.2, 0.25) is 0 Å². The fourth-order valence-corrected chi connectivity index (χ4v) is 3.67. The van der Waals surface area contributed by atoms with E-state index in [1.54, 1.807) is 11.8 Å². The van der Waals surface area contributed by atoms with E-state index in [0.717, 1.165) is 27.0 Å². The second kappa shape index (κ2) is 9.05. The molecule has 1 heterocycles. The number of benzene rings is 2. The summed E-state index contributed by atoms with van der Waals surface area (Å²) in [4.78, 5) is 0. The molecule has 3 aromatic rings. The smallest absolute Gasteiger partial charge is 0.191 e. The third-order valence-electron chi connectivity index (χ3n) is 3.76. The lowest BCUT2D eigenvalue weighted by Gasteiger charge is -2.15. The van der Waals surface area contributed by atoms with E-state index in [2.05, 4.69) is 49.4 Å². The third kappa shape index (κ3) is 4.77. The maximum absolute atomic E-state index is 6.00. The van der Waals surface area contributed by atoms with E-state index in [9.17, 15) is 0 Å². The van der Waals surface area contributed by atoms with Crippen molar-refractivity contribution in [1.82, 2.24) is 14.8 Å². The summed E-state index contributed by atoms with van der Waals surface area (Å²) in [7, 11) is 0. The molecule has 0 N–H and O–H groups in total. The predicted molar refractivity (Wildman–Crippen MR) is 109 cm³/mol. The van der Waals surface area contributed by atoms with Gasteiger partial charge in [0.2, 0.25) is 0 Å². The van der Waals surface area contributed by atoms with E-state index in [1.807, 2.05) is 55.5 Å². The monoisotopic (exact) mass is 429 g/mol. The number of thioether (sulfide) groups is 1. The number of hydrogen-bond donors (Lipinski definition) is 0. The fourth-order valence-electron chi connectivity index (χ4n) is 2.49. The highest BCUT2D eigenvalue weighted by atomic mass is 79.9. The highest BCUT2D eigenvalue weighted by molar-refractivity contribution is 9.10. The zero-order chi connectivity index (χ0) is 18.4. The molecule has 0 spiro atoms. The normalized spacial score (nSPS) is 11.9. The van der Waals surface area contributed by atoms with Crippen LogP contribution in [0.25, 0.3) is 0 Å². The number of ether oxygens (including phenoxy) is 1. The quantitative estimate of drug-likeness (QED) is 0.342. The Morgan fingerprint density at radius 2 is 1.88 bits per heavy atom. The maximum Gasteiger partial charge on any atom is 0.191 e. The van der Waals surface area contributed by atoms with Gasteiger partial charge >= 0.3 is 0 Å². The van der Waals surface area contributed by atoms with Crippen LogP contribution in [0, 0.1) is 0 Å². The molecule has 0 unspecified atom stereocenters.